The highest BCUT2D eigenvalue weighted by Crippen LogP contribution is 2.18. The highest BCUT2D eigenvalue weighted by molar-refractivity contribution is 5.32. The molecule has 0 amide bonds. The van der Waals surface area contributed by atoms with E-state index < -0.39 is 0 Å². The molecule has 19 heavy (non-hydrogen) atoms. The summed E-state index contributed by atoms with van der Waals surface area (Å²) in [6.07, 6.45) is 1.14. The Balaban J connectivity index is 2.41. The van der Waals surface area contributed by atoms with Gasteiger partial charge in [0.2, 0.25) is 0 Å². The summed E-state index contributed by atoms with van der Waals surface area (Å²) < 4.78 is 5.38. The molecular weight excluding hydrogens is 236 g/mol. The fourth-order valence-corrected chi connectivity index (χ4v) is 1.91. The van der Waals surface area contributed by atoms with Gasteiger partial charge in [-0.25, -0.2) is 0 Å². The first-order valence-electron chi connectivity index (χ1n) is 7.04. The van der Waals surface area contributed by atoms with E-state index in [0.29, 0.717) is 0 Å². The zero-order chi connectivity index (χ0) is 14.3. The lowest BCUT2D eigenvalue weighted by atomic mass is 10.0. The summed E-state index contributed by atoms with van der Waals surface area (Å²) >= 11 is 0. The summed E-state index contributed by atoms with van der Waals surface area (Å²) in [4.78, 5) is 2.32. The van der Waals surface area contributed by atoms with E-state index in [2.05, 4.69) is 50.2 Å². The van der Waals surface area contributed by atoms with Crippen molar-refractivity contribution in [3.8, 4) is 5.75 Å². The maximum absolute atomic E-state index is 5.38. The van der Waals surface area contributed by atoms with E-state index in [4.69, 9.17) is 4.74 Å². The van der Waals surface area contributed by atoms with Gasteiger partial charge >= 0.3 is 0 Å². The Morgan fingerprint density at radius 2 is 1.95 bits per heavy atom. The lowest BCUT2D eigenvalue weighted by molar-refractivity contribution is 0.288. The third-order valence-corrected chi connectivity index (χ3v) is 3.61. The fourth-order valence-electron chi connectivity index (χ4n) is 1.91. The topological polar surface area (TPSA) is 24.5 Å². The number of hydrogen-bond acceptors (Lipinski definition) is 3. The van der Waals surface area contributed by atoms with Crippen molar-refractivity contribution in [1.82, 2.24) is 10.2 Å². The van der Waals surface area contributed by atoms with Crippen LogP contribution in [0.3, 0.4) is 0 Å². The van der Waals surface area contributed by atoms with Gasteiger partial charge in [-0.1, -0.05) is 25.1 Å². The number of hydrogen-bond donors (Lipinski definition) is 1. The molecule has 0 radical (unpaired) electrons. The molecule has 0 aromatic heterocycles. The molecule has 1 aromatic carbocycles. The minimum absolute atomic E-state index is 0.227. The first kappa shape index (κ1) is 16.0. The van der Waals surface area contributed by atoms with Crippen LogP contribution < -0.4 is 10.1 Å². The Labute approximate surface area is 118 Å². The molecule has 0 fully saturated rings. The zero-order valence-electron chi connectivity index (χ0n) is 13.0. The molecule has 1 aromatic rings. The van der Waals surface area contributed by atoms with Gasteiger partial charge in [0.05, 0.1) is 7.11 Å². The third-order valence-electron chi connectivity index (χ3n) is 3.61. The third kappa shape index (κ3) is 5.62. The zero-order valence-corrected chi connectivity index (χ0v) is 13.0. The van der Waals surface area contributed by atoms with Crippen LogP contribution in [-0.2, 0) is 6.54 Å². The van der Waals surface area contributed by atoms with Crippen molar-refractivity contribution in [2.24, 2.45) is 0 Å². The first-order valence-corrected chi connectivity index (χ1v) is 7.04. The molecule has 0 unspecified atom stereocenters. The van der Waals surface area contributed by atoms with Gasteiger partial charge in [0.15, 0.2) is 0 Å². The molecule has 3 heteroatoms. The van der Waals surface area contributed by atoms with E-state index in [9.17, 15) is 0 Å². The van der Waals surface area contributed by atoms with Crippen molar-refractivity contribution in [2.45, 2.75) is 39.3 Å². The number of methoxy groups -OCH3 is 1. The molecular formula is C16H28N2O. The maximum atomic E-state index is 5.38. The highest BCUT2D eigenvalue weighted by Gasteiger charge is 2.13. The molecule has 0 saturated carbocycles. The van der Waals surface area contributed by atoms with E-state index in [1.54, 1.807) is 7.11 Å². The second-order valence-corrected chi connectivity index (χ2v) is 5.71. The van der Waals surface area contributed by atoms with Crippen LogP contribution >= 0.6 is 0 Å². The monoisotopic (exact) mass is 264 g/mol. The molecule has 0 heterocycles. The van der Waals surface area contributed by atoms with E-state index in [1.165, 1.54) is 5.56 Å². The molecule has 3 nitrogen and oxygen atoms in total. The second kappa shape index (κ2) is 7.51. The van der Waals surface area contributed by atoms with E-state index >= 15 is 0 Å². The predicted molar refractivity (Wildman–Crippen MR) is 81.7 cm³/mol. The van der Waals surface area contributed by atoms with E-state index in [-0.39, 0.29) is 5.54 Å². The van der Waals surface area contributed by atoms with Gasteiger partial charge in [-0.05, 0) is 33.4 Å². The minimum atomic E-state index is 0.227. The van der Waals surface area contributed by atoms with Crippen LogP contribution in [0.25, 0.3) is 0 Å². The summed E-state index contributed by atoms with van der Waals surface area (Å²) in [7, 11) is 3.87. The lowest BCUT2D eigenvalue weighted by Crippen LogP contribution is -2.42. The number of benzene rings is 1. The molecule has 0 spiro atoms. The number of nitrogens with one attached hydrogen (secondary N) is 1. The number of nitrogens with zero attached hydrogens (tertiary/aromatic N) is 1. The van der Waals surface area contributed by atoms with Crippen molar-refractivity contribution in [1.29, 1.82) is 0 Å². The number of rotatable bonds is 8. The van der Waals surface area contributed by atoms with Crippen molar-refractivity contribution >= 4 is 0 Å². The molecule has 0 aliphatic heterocycles. The SMILES string of the molecule is CCC(C)(C)NCCN(C)Cc1ccccc1OC. The average molecular weight is 264 g/mol. The van der Waals surface area contributed by atoms with Crippen LogP contribution in [0.15, 0.2) is 24.3 Å². The first-order chi connectivity index (χ1) is 8.98. The molecule has 0 saturated heterocycles. The number of para-hydroxylation sites is 1. The van der Waals surface area contributed by atoms with Crippen LogP contribution in [0, 0.1) is 0 Å². The van der Waals surface area contributed by atoms with Gasteiger partial charge in [0.1, 0.15) is 5.75 Å². The molecule has 108 valence electrons. The largest absolute Gasteiger partial charge is 0.496 e. The molecule has 0 bridgehead atoms. The van der Waals surface area contributed by atoms with Gasteiger partial charge in [0.25, 0.3) is 0 Å². The van der Waals surface area contributed by atoms with Crippen LogP contribution in [0.5, 0.6) is 5.75 Å². The highest BCUT2D eigenvalue weighted by atomic mass is 16.5. The van der Waals surface area contributed by atoms with Gasteiger partial charge in [0, 0.05) is 30.7 Å². The minimum Gasteiger partial charge on any atom is -0.496 e. The second-order valence-electron chi connectivity index (χ2n) is 5.71. The molecule has 0 atom stereocenters. The van der Waals surface area contributed by atoms with Crippen molar-refractivity contribution < 1.29 is 4.74 Å². The Bertz CT molecular complexity index is 377. The smallest absolute Gasteiger partial charge is 0.123 e. The normalized spacial score (nSPS) is 11.9. The summed E-state index contributed by atoms with van der Waals surface area (Å²) in [6, 6.07) is 8.21. The summed E-state index contributed by atoms with van der Waals surface area (Å²) in [5.74, 6) is 0.969. The molecule has 1 rings (SSSR count). The van der Waals surface area contributed by atoms with Crippen LogP contribution in [0.2, 0.25) is 0 Å². The van der Waals surface area contributed by atoms with Gasteiger partial charge < -0.3 is 15.0 Å². The predicted octanol–water partition coefficient (Wildman–Crippen LogP) is 2.91. The molecule has 0 aliphatic rings. The van der Waals surface area contributed by atoms with Gasteiger partial charge in [-0.15, -0.1) is 0 Å². The molecule has 1 N–H and O–H groups in total. The number of ether oxygens (including phenoxy) is 1. The van der Waals surface area contributed by atoms with E-state index in [1.807, 2.05) is 12.1 Å². The number of likely N-dealkylation sites (N-methyl/N-ethyl adjacent to an activating group) is 1. The summed E-state index contributed by atoms with van der Waals surface area (Å²) in [6.45, 7) is 9.65. The lowest BCUT2D eigenvalue weighted by Gasteiger charge is -2.26. The summed E-state index contributed by atoms with van der Waals surface area (Å²) in [5, 5.41) is 3.58. The Hall–Kier alpha value is -1.06. The van der Waals surface area contributed by atoms with Crippen molar-refractivity contribution in [3.05, 3.63) is 29.8 Å². The Morgan fingerprint density at radius 1 is 1.26 bits per heavy atom. The standard InChI is InChI=1S/C16H28N2O/c1-6-16(2,3)17-11-12-18(4)13-14-9-7-8-10-15(14)19-5/h7-10,17H,6,11-13H2,1-5H3. The van der Waals surface area contributed by atoms with Gasteiger partial charge in [-0.3, -0.25) is 0 Å². The summed E-state index contributed by atoms with van der Waals surface area (Å²) in [5.41, 5.74) is 1.47. The Kier molecular flexibility index (Phi) is 6.32. The van der Waals surface area contributed by atoms with Crippen LogP contribution in [0.4, 0.5) is 0 Å². The van der Waals surface area contributed by atoms with Crippen LogP contribution in [0.1, 0.15) is 32.8 Å². The maximum Gasteiger partial charge on any atom is 0.123 e. The average Bonchev–Trinajstić information content (AvgIpc) is 2.39. The van der Waals surface area contributed by atoms with Crippen LogP contribution in [-0.4, -0.2) is 37.7 Å². The van der Waals surface area contributed by atoms with E-state index in [0.717, 1.165) is 31.8 Å². The fraction of sp³-hybridized carbons (Fsp3) is 0.625. The van der Waals surface area contributed by atoms with Crippen molar-refractivity contribution in [2.75, 3.05) is 27.2 Å². The Morgan fingerprint density at radius 3 is 2.58 bits per heavy atom. The van der Waals surface area contributed by atoms with Gasteiger partial charge in [-0.2, -0.15) is 0 Å². The van der Waals surface area contributed by atoms with Crippen molar-refractivity contribution in [3.63, 3.8) is 0 Å². The molecule has 0 aliphatic carbocycles. The quantitative estimate of drug-likeness (QED) is 0.781.